The molecule has 0 aromatic heterocycles. The third-order valence-electron chi connectivity index (χ3n) is 5.02. The summed E-state index contributed by atoms with van der Waals surface area (Å²) in [5.41, 5.74) is 1.37. The predicted molar refractivity (Wildman–Crippen MR) is 115 cm³/mol. The zero-order valence-corrected chi connectivity index (χ0v) is 17.2. The molecule has 1 aliphatic heterocycles. The van der Waals surface area contributed by atoms with Crippen molar-refractivity contribution >= 4 is 21.6 Å². The number of rotatable bonds is 5. The van der Waals surface area contributed by atoms with Crippen LogP contribution in [0.1, 0.15) is 18.5 Å². The summed E-state index contributed by atoms with van der Waals surface area (Å²) >= 11 is 0. The van der Waals surface area contributed by atoms with Gasteiger partial charge in [-0.2, -0.15) is 0 Å². The molecule has 1 aliphatic rings. The van der Waals surface area contributed by atoms with E-state index in [1.54, 1.807) is 54.6 Å². The van der Waals surface area contributed by atoms with Crippen molar-refractivity contribution in [3.8, 4) is 5.75 Å². The second-order valence-corrected chi connectivity index (χ2v) is 8.93. The molecule has 1 heterocycles. The van der Waals surface area contributed by atoms with Crippen LogP contribution in [0.4, 0.5) is 5.69 Å². The lowest BCUT2D eigenvalue weighted by atomic mass is 10.1. The molecule has 0 radical (unpaired) electrons. The summed E-state index contributed by atoms with van der Waals surface area (Å²) in [5, 5.41) is 2.92. The zero-order valence-electron chi connectivity index (χ0n) is 16.4. The summed E-state index contributed by atoms with van der Waals surface area (Å²) < 4.78 is 33.7. The van der Waals surface area contributed by atoms with Crippen molar-refractivity contribution in [2.75, 3.05) is 10.8 Å². The van der Waals surface area contributed by atoms with Gasteiger partial charge in [0.1, 0.15) is 5.75 Å². The molecule has 154 valence electrons. The number of nitrogens with zero attached hydrogens (tertiary/aromatic N) is 1. The second-order valence-electron chi connectivity index (χ2n) is 7.06. The molecule has 0 spiro atoms. The van der Waals surface area contributed by atoms with Crippen molar-refractivity contribution in [2.24, 2.45) is 0 Å². The van der Waals surface area contributed by atoms with Gasteiger partial charge in [0.15, 0.2) is 6.10 Å². The molecule has 0 saturated heterocycles. The van der Waals surface area contributed by atoms with Crippen LogP contribution in [0.3, 0.4) is 0 Å². The van der Waals surface area contributed by atoms with Gasteiger partial charge in [-0.1, -0.05) is 60.7 Å². The minimum absolute atomic E-state index is 0.110. The average molecular weight is 423 g/mol. The Morgan fingerprint density at radius 1 is 0.967 bits per heavy atom. The van der Waals surface area contributed by atoms with Gasteiger partial charge in [-0.25, -0.2) is 8.42 Å². The molecule has 0 aliphatic carbocycles. The largest absolute Gasteiger partial charge is 0.476 e. The standard InChI is InChI=1S/C23H22N2O4S/c1-17(18-10-4-2-5-11-18)24-23(26)22-16-25(20-14-8-9-15-21(20)29-22)30(27,28)19-12-6-3-7-13-19/h2-15,17,22H,16H2,1H3,(H,24,26)/t17-,22+/m1/s1. The summed E-state index contributed by atoms with van der Waals surface area (Å²) in [6, 6.07) is 24.3. The van der Waals surface area contributed by atoms with E-state index in [1.807, 2.05) is 37.3 Å². The molecule has 1 amide bonds. The molecule has 7 heteroatoms. The van der Waals surface area contributed by atoms with Crippen molar-refractivity contribution in [3.63, 3.8) is 0 Å². The number of carbonyl (C=O) groups is 1. The van der Waals surface area contributed by atoms with Crippen LogP contribution in [-0.4, -0.2) is 27.0 Å². The van der Waals surface area contributed by atoms with E-state index in [1.165, 1.54) is 4.31 Å². The number of anilines is 1. The van der Waals surface area contributed by atoms with Crippen molar-refractivity contribution in [3.05, 3.63) is 90.5 Å². The molecule has 0 fully saturated rings. The number of nitrogens with one attached hydrogen (secondary N) is 1. The van der Waals surface area contributed by atoms with Crippen LogP contribution in [0.2, 0.25) is 0 Å². The topological polar surface area (TPSA) is 75.7 Å². The van der Waals surface area contributed by atoms with Crippen LogP contribution in [0.5, 0.6) is 5.75 Å². The number of carbonyl (C=O) groups excluding carboxylic acids is 1. The minimum atomic E-state index is -3.85. The molecule has 0 unspecified atom stereocenters. The maximum Gasteiger partial charge on any atom is 0.264 e. The van der Waals surface area contributed by atoms with Crippen LogP contribution in [-0.2, 0) is 14.8 Å². The Bertz CT molecular complexity index is 1130. The summed E-state index contributed by atoms with van der Waals surface area (Å²) in [6.45, 7) is 1.77. The van der Waals surface area contributed by atoms with E-state index in [-0.39, 0.29) is 23.4 Å². The van der Waals surface area contributed by atoms with Crippen molar-refractivity contribution in [2.45, 2.75) is 24.0 Å². The lowest BCUT2D eigenvalue weighted by molar-refractivity contribution is -0.128. The van der Waals surface area contributed by atoms with E-state index in [4.69, 9.17) is 4.74 Å². The Kier molecular flexibility index (Phi) is 5.46. The number of sulfonamides is 1. The lowest BCUT2D eigenvalue weighted by Crippen LogP contribution is -2.51. The maximum absolute atomic E-state index is 13.3. The fraction of sp³-hybridized carbons (Fsp3) is 0.174. The Hall–Kier alpha value is -3.32. The third kappa shape index (κ3) is 3.89. The van der Waals surface area contributed by atoms with E-state index in [9.17, 15) is 13.2 Å². The van der Waals surface area contributed by atoms with Crippen molar-refractivity contribution < 1.29 is 17.9 Å². The Morgan fingerprint density at radius 2 is 1.57 bits per heavy atom. The van der Waals surface area contributed by atoms with Crippen LogP contribution in [0.15, 0.2) is 89.8 Å². The lowest BCUT2D eigenvalue weighted by Gasteiger charge is -2.35. The average Bonchev–Trinajstić information content (AvgIpc) is 2.79. The van der Waals surface area contributed by atoms with Crippen LogP contribution in [0, 0.1) is 0 Å². The van der Waals surface area contributed by atoms with Crippen LogP contribution < -0.4 is 14.4 Å². The van der Waals surface area contributed by atoms with E-state index in [0.29, 0.717) is 11.4 Å². The van der Waals surface area contributed by atoms with Crippen molar-refractivity contribution in [1.82, 2.24) is 5.32 Å². The molecular formula is C23H22N2O4S. The Labute approximate surface area is 176 Å². The molecule has 1 N–H and O–H groups in total. The molecule has 0 saturated carbocycles. The molecule has 30 heavy (non-hydrogen) atoms. The molecule has 0 bridgehead atoms. The van der Waals surface area contributed by atoms with E-state index >= 15 is 0 Å². The summed E-state index contributed by atoms with van der Waals surface area (Å²) in [4.78, 5) is 13.1. The fourth-order valence-corrected chi connectivity index (χ4v) is 4.91. The van der Waals surface area contributed by atoms with Crippen LogP contribution in [0.25, 0.3) is 0 Å². The van der Waals surface area contributed by atoms with Gasteiger partial charge in [0.05, 0.1) is 23.2 Å². The van der Waals surface area contributed by atoms with Gasteiger partial charge in [-0.3, -0.25) is 9.10 Å². The first-order valence-corrected chi connectivity index (χ1v) is 11.1. The molecular weight excluding hydrogens is 400 g/mol. The SMILES string of the molecule is C[C@@H](NC(=O)[C@@H]1CN(S(=O)(=O)c2ccccc2)c2ccccc2O1)c1ccccc1. The highest BCUT2D eigenvalue weighted by Crippen LogP contribution is 2.36. The highest BCUT2D eigenvalue weighted by atomic mass is 32.2. The van der Waals surface area contributed by atoms with Crippen molar-refractivity contribution in [1.29, 1.82) is 0 Å². The summed E-state index contributed by atoms with van der Waals surface area (Å²) in [7, 11) is -3.85. The predicted octanol–water partition coefficient (Wildman–Crippen LogP) is 3.52. The number of benzene rings is 3. The zero-order chi connectivity index (χ0) is 21.1. The van der Waals surface area contributed by atoms with Gasteiger partial charge >= 0.3 is 0 Å². The van der Waals surface area contributed by atoms with Gasteiger partial charge in [0.2, 0.25) is 0 Å². The summed E-state index contributed by atoms with van der Waals surface area (Å²) in [6.07, 6.45) is -0.968. The quantitative estimate of drug-likeness (QED) is 0.683. The third-order valence-corrected chi connectivity index (χ3v) is 6.81. The van der Waals surface area contributed by atoms with E-state index in [2.05, 4.69) is 5.32 Å². The first kappa shape index (κ1) is 20.0. The highest BCUT2D eigenvalue weighted by Gasteiger charge is 2.37. The second kappa shape index (κ2) is 8.20. The first-order chi connectivity index (χ1) is 14.5. The van der Waals surface area contributed by atoms with Crippen LogP contribution >= 0.6 is 0 Å². The number of fused-ring (bicyclic) bond motifs is 1. The maximum atomic E-state index is 13.3. The monoisotopic (exact) mass is 422 g/mol. The Balaban J connectivity index is 1.62. The number of hydrogen-bond acceptors (Lipinski definition) is 4. The molecule has 3 aromatic rings. The van der Waals surface area contributed by atoms with E-state index in [0.717, 1.165) is 5.56 Å². The smallest absolute Gasteiger partial charge is 0.264 e. The Morgan fingerprint density at radius 3 is 2.27 bits per heavy atom. The molecule has 3 aromatic carbocycles. The highest BCUT2D eigenvalue weighted by molar-refractivity contribution is 7.92. The minimum Gasteiger partial charge on any atom is -0.476 e. The number of para-hydroxylation sites is 2. The van der Waals surface area contributed by atoms with Gasteiger partial charge in [0.25, 0.3) is 15.9 Å². The van der Waals surface area contributed by atoms with Gasteiger partial charge < -0.3 is 10.1 Å². The number of hydrogen-bond donors (Lipinski definition) is 1. The van der Waals surface area contributed by atoms with E-state index < -0.39 is 16.1 Å². The molecule has 4 rings (SSSR count). The van der Waals surface area contributed by atoms with Gasteiger partial charge in [-0.05, 0) is 36.8 Å². The molecule has 6 nitrogen and oxygen atoms in total. The van der Waals surface area contributed by atoms with Gasteiger partial charge in [0, 0.05) is 0 Å². The molecule has 2 atom stereocenters. The number of ether oxygens (including phenoxy) is 1. The first-order valence-electron chi connectivity index (χ1n) is 9.65. The fourth-order valence-electron chi connectivity index (χ4n) is 3.42. The normalized spacial score (nSPS) is 16.8. The summed E-state index contributed by atoms with van der Waals surface area (Å²) in [5.74, 6) is -0.00936. The van der Waals surface area contributed by atoms with Gasteiger partial charge in [-0.15, -0.1) is 0 Å². The number of amides is 1.